The minimum Gasteiger partial charge on any atom is -0.385 e. The molecule has 1 atom stereocenters. The Bertz CT molecular complexity index is 1140. The van der Waals surface area contributed by atoms with E-state index < -0.39 is 0 Å². The first kappa shape index (κ1) is 24.6. The predicted octanol–water partition coefficient (Wildman–Crippen LogP) is 5.47. The second-order valence-corrected chi connectivity index (χ2v) is 10.4. The maximum absolute atomic E-state index is 13.7. The molecule has 0 fully saturated rings. The molecule has 7 heteroatoms. The van der Waals surface area contributed by atoms with Gasteiger partial charge in [0.1, 0.15) is 6.54 Å². The maximum atomic E-state index is 13.7. The highest BCUT2D eigenvalue weighted by molar-refractivity contribution is 9.10. The molecule has 1 aliphatic rings. The van der Waals surface area contributed by atoms with Crippen LogP contribution in [-0.4, -0.2) is 55.0 Å². The Morgan fingerprint density at radius 3 is 2.71 bits per heavy atom. The maximum Gasteiger partial charge on any atom is 0.254 e. The van der Waals surface area contributed by atoms with Crippen LogP contribution >= 0.6 is 27.3 Å². The number of fused-ring (bicyclic) bond motifs is 1. The fraction of sp³-hybridized carbons (Fsp3) is 0.333. The van der Waals surface area contributed by atoms with Crippen LogP contribution in [0.5, 0.6) is 0 Å². The predicted molar refractivity (Wildman–Crippen MR) is 139 cm³/mol. The first-order chi connectivity index (χ1) is 16.5. The largest absolute Gasteiger partial charge is 0.385 e. The average molecular weight is 542 g/mol. The van der Waals surface area contributed by atoms with Crippen molar-refractivity contribution in [2.24, 2.45) is 0 Å². The van der Waals surface area contributed by atoms with Crippen molar-refractivity contribution >= 4 is 39.1 Å². The number of aryl methyl sites for hydroxylation is 1. The van der Waals surface area contributed by atoms with Gasteiger partial charge in [0, 0.05) is 41.7 Å². The van der Waals surface area contributed by atoms with E-state index in [0.29, 0.717) is 31.7 Å². The molecule has 178 valence electrons. The number of amides is 2. The normalized spacial score (nSPS) is 15.1. The number of methoxy groups -OCH3 is 1. The number of hydrogen-bond donors (Lipinski definition) is 0. The van der Waals surface area contributed by atoms with Crippen molar-refractivity contribution in [1.29, 1.82) is 0 Å². The van der Waals surface area contributed by atoms with E-state index in [1.807, 2.05) is 17.0 Å². The van der Waals surface area contributed by atoms with Crippen LogP contribution in [0.15, 0.2) is 64.5 Å². The van der Waals surface area contributed by atoms with Crippen LogP contribution in [-0.2, 0) is 16.0 Å². The van der Waals surface area contributed by atoms with Crippen LogP contribution in [0.25, 0.3) is 0 Å². The first-order valence-electron chi connectivity index (χ1n) is 11.4. The molecule has 2 amide bonds. The molecule has 2 heterocycles. The number of thiophene rings is 1. The second-order valence-electron chi connectivity index (χ2n) is 8.53. The van der Waals surface area contributed by atoms with Gasteiger partial charge in [-0.25, -0.2) is 0 Å². The average Bonchev–Trinajstić information content (AvgIpc) is 3.32. The number of rotatable bonds is 8. The van der Waals surface area contributed by atoms with Gasteiger partial charge in [-0.3, -0.25) is 9.59 Å². The van der Waals surface area contributed by atoms with Crippen molar-refractivity contribution in [2.45, 2.75) is 25.8 Å². The van der Waals surface area contributed by atoms with Gasteiger partial charge in [0.2, 0.25) is 5.91 Å². The third kappa shape index (κ3) is 5.59. The molecule has 0 N–H and O–H groups in total. The number of hydrogen-bond acceptors (Lipinski definition) is 4. The van der Waals surface area contributed by atoms with Crippen LogP contribution in [0.1, 0.15) is 44.4 Å². The van der Waals surface area contributed by atoms with Crippen LogP contribution in [0.3, 0.4) is 0 Å². The van der Waals surface area contributed by atoms with Crippen LogP contribution in [0.4, 0.5) is 0 Å². The minimum atomic E-state index is -0.147. The van der Waals surface area contributed by atoms with Crippen molar-refractivity contribution in [3.05, 3.63) is 91.6 Å². The molecule has 0 saturated carbocycles. The molecule has 0 saturated heterocycles. The molecule has 1 aromatic heterocycles. The Morgan fingerprint density at radius 1 is 1.18 bits per heavy atom. The fourth-order valence-corrected chi connectivity index (χ4v) is 5.71. The highest BCUT2D eigenvalue weighted by Gasteiger charge is 2.34. The summed E-state index contributed by atoms with van der Waals surface area (Å²) < 4.78 is 6.03. The van der Waals surface area contributed by atoms with E-state index in [0.717, 1.165) is 16.5 Å². The third-order valence-electron chi connectivity index (χ3n) is 6.14. The van der Waals surface area contributed by atoms with Gasteiger partial charge >= 0.3 is 0 Å². The van der Waals surface area contributed by atoms with Crippen molar-refractivity contribution in [1.82, 2.24) is 9.80 Å². The van der Waals surface area contributed by atoms with Crippen molar-refractivity contribution in [3.63, 3.8) is 0 Å². The van der Waals surface area contributed by atoms with Gasteiger partial charge in [0.25, 0.3) is 5.91 Å². The number of carbonyl (C=O) groups is 2. The van der Waals surface area contributed by atoms with Gasteiger partial charge in [-0.15, -0.1) is 11.3 Å². The van der Waals surface area contributed by atoms with Crippen LogP contribution in [0.2, 0.25) is 0 Å². The zero-order valence-electron chi connectivity index (χ0n) is 19.5. The van der Waals surface area contributed by atoms with E-state index in [2.05, 4.69) is 58.6 Å². The van der Waals surface area contributed by atoms with Gasteiger partial charge in [0.05, 0.1) is 6.04 Å². The number of carbonyl (C=O) groups excluding carboxylic acids is 2. The van der Waals surface area contributed by atoms with E-state index in [1.165, 1.54) is 16.0 Å². The van der Waals surface area contributed by atoms with Crippen molar-refractivity contribution < 1.29 is 14.3 Å². The lowest BCUT2D eigenvalue weighted by Gasteiger charge is -2.37. The second kappa shape index (κ2) is 11.3. The number of benzene rings is 2. The fourth-order valence-electron chi connectivity index (χ4n) is 4.40. The lowest BCUT2D eigenvalue weighted by Crippen LogP contribution is -2.47. The Balaban J connectivity index is 1.60. The number of nitrogens with zero attached hydrogens (tertiary/aromatic N) is 2. The lowest BCUT2D eigenvalue weighted by molar-refractivity contribution is -0.134. The molecule has 5 nitrogen and oxygen atoms in total. The molecular weight excluding hydrogens is 512 g/mol. The summed E-state index contributed by atoms with van der Waals surface area (Å²) in [5, 5.41) is 2.10. The summed E-state index contributed by atoms with van der Waals surface area (Å²) in [4.78, 5) is 32.0. The third-order valence-corrected chi connectivity index (χ3v) is 7.63. The highest BCUT2D eigenvalue weighted by atomic mass is 79.9. The summed E-state index contributed by atoms with van der Waals surface area (Å²) in [5.41, 5.74) is 4.04. The Labute approximate surface area is 213 Å². The SMILES string of the molecule is COCCCN(CC(=O)N1CCc2sccc2C1c1ccc(C)cc1)C(=O)c1cccc(Br)c1. The zero-order chi connectivity index (χ0) is 24.1. The molecule has 0 aliphatic carbocycles. The van der Waals surface area contributed by atoms with Crippen LogP contribution < -0.4 is 0 Å². The van der Waals surface area contributed by atoms with Gasteiger partial charge in [0.15, 0.2) is 0 Å². The molecule has 3 aromatic rings. The minimum absolute atomic E-state index is 0.0386. The molecule has 4 rings (SSSR count). The Hall–Kier alpha value is -2.48. The van der Waals surface area contributed by atoms with Crippen LogP contribution in [0, 0.1) is 6.92 Å². The topological polar surface area (TPSA) is 49.9 Å². The number of halogens is 1. The monoisotopic (exact) mass is 540 g/mol. The van der Waals surface area contributed by atoms with E-state index in [1.54, 1.807) is 35.5 Å². The quantitative estimate of drug-likeness (QED) is 0.356. The molecular formula is C27H29BrN2O3S. The number of ether oxygens (including phenoxy) is 1. The molecule has 34 heavy (non-hydrogen) atoms. The van der Waals surface area contributed by atoms with E-state index >= 15 is 0 Å². The van der Waals surface area contributed by atoms with Crippen molar-refractivity contribution in [3.8, 4) is 0 Å². The van der Waals surface area contributed by atoms with Gasteiger partial charge in [-0.1, -0.05) is 51.8 Å². The zero-order valence-corrected chi connectivity index (χ0v) is 21.9. The van der Waals surface area contributed by atoms with Gasteiger partial charge in [-0.2, -0.15) is 0 Å². The van der Waals surface area contributed by atoms with Crippen molar-refractivity contribution in [2.75, 3.05) is 33.4 Å². The Morgan fingerprint density at radius 2 is 1.97 bits per heavy atom. The summed E-state index contributed by atoms with van der Waals surface area (Å²) in [7, 11) is 1.64. The molecule has 0 bridgehead atoms. The summed E-state index contributed by atoms with van der Waals surface area (Å²) in [5.74, 6) is -0.186. The standard InChI is InChI=1S/C27H29BrN2O3S/c1-19-7-9-20(10-8-19)26-23-12-16-34-24(23)11-14-30(26)25(31)18-29(13-4-15-33-2)27(32)21-5-3-6-22(28)17-21/h3,5-10,12,16-17,26H,4,11,13-15,18H2,1-2H3. The molecule has 0 spiro atoms. The van der Waals surface area contributed by atoms with E-state index in [-0.39, 0.29) is 24.4 Å². The van der Waals surface area contributed by atoms with E-state index in [4.69, 9.17) is 4.74 Å². The lowest BCUT2D eigenvalue weighted by atomic mass is 9.92. The highest BCUT2D eigenvalue weighted by Crippen LogP contribution is 2.38. The first-order valence-corrected chi connectivity index (χ1v) is 13.1. The van der Waals surface area contributed by atoms with E-state index in [9.17, 15) is 9.59 Å². The van der Waals surface area contributed by atoms with Gasteiger partial charge < -0.3 is 14.5 Å². The summed E-state index contributed by atoms with van der Waals surface area (Å²) in [6.45, 7) is 3.73. The molecule has 2 aromatic carbocycles. The Kier molecular flexibility index (Phi) is 8.19. The summed E-state index contributed by atoms with van der Waals surface area (Å²) in [6.07, 6.45) is 1.50. The molecule has 1 unspecified atom stereocenters. The summed E-state index contributed by atoms with van der Waals surface area (Å²) in [6, 6.07) is 17.7. The molecule has 1 aliphatic heterocycles. The van der Waals surface area contributed by atoms with Gasteiger partial charge in [-0.05, 0) is 60.5 Å². The molecule has 0 radical (unpaired) electrons. The summed E-state index contributed by atoms with van der Waals surface area (Å²) >= 11 is 5.19. The smallest absolute Gasteiger partial charge is 0.254 e.